The maximum atomic E-state index is 12.5. The molecule has 0 fully saturated rings. The van der Waals surface area contributed by atoms with Crippen molar-refractivity contribution in [3.8, 4) is 11.3 Å². The lowest BCUT2D eigenvalue weighted by Crippen LogP contribution is -2.10. The second kappa shape index (κ2) is 9.00. The van der Waals surface area contributed by atoms with E-state index in [1.807, 2.05) is 6.07 Å². The number of thiazole rings is 1. The number of benzene rings is 2. The first-order valence-electron chi connectivity index (χ1n) is 8.64. The molecule has 0 saturated heterocycles. The van der Waals surface area contributed by atoms with Gasteiger partial charge in [-0.05, 0) is 54.1 Å². The van der Waals surface area contributed by atoms with E-state index in [9.17, 15) is 4.79 Å². The number of hydrogen-bond donors (Lipinski definition) is 1. The van der Waals surface area contributed by atoms with Gasteiger partial charge in [0.15, 0.2) is 10.9 Å². The number of aromatic nitrogens is 1. The Morgan fingerprint density at radius 1 is 0.967 bits per heavy atom. The Morgan fingerprint density at radius 3 is 2.57 bits per heavy atom. The summed E-state index contributed by atoms with van der Waals surface area (Å²) in [6, 6.07) is 13.7. The molecule has 0 aliphatic rings. The molecular weight excluding hydrogens is 486 g/mol. The normalized spacial score (nSPS) is 10.9. The van der Waals surface area contributed by atoms with Crippen LogP contribution in [0.5, 0.6) is 0 Å². The second-order valence-electron chi connectivity index (χ2n) is 6.29. The Labute approximate surface area is 196 Å². The van der Waals surface area contributed by atoms with Crippen LogP contribution in [0.4, 0.5) is 5.13 Å². The third-order valence-corrected chi connectivity index (χ3v) is 6.44. The van der Waals surface area contributed by atoms with Gasteiger partial charge in [-0.3, -0.25) is 10.1 Å². The van der Waals surface area contributed by atoms with Gasteiger partial charge in [-0.15, -0.1) is 11.3 Å². The number of carbonyl (C=O) groups excluding carboxylic acids is 1. The van der Waals surface area contributed by atoms with Gasteiger partial charge in [0.05, 0.1) is 10.0 Å². The third-order valence-electron chi connectivity index (χ3n) is 4.18. The van der Waals surface area contributed by atoms with Crippen molar-refractivity contribution in [1.82, 2.24) is 4.98 Å². The van der Waals surface area contributed by atoms with Crippen molar-refractivity contribution in [2.75, 3.05) is 5.32 Å². The van der Waals surface area contributed by atoms with E-state index in [1.165, 1.54) is 11.3 Å². The summed E-state index contributed by atoms with van der Waals surface area (Å²) in [5, 5.41) is 5.30. The predicted octanol–water partition coefficient (Wildman–Crippen LogP) is 7.86. The SMILES string of the molecule is O=C(Nc1ncc(Cc2cc(Cl)ccc2Cl)s1)c1ccc(-c2ccc(Cl)c(Cl)c2)o1. The first kappa shape index (κ1) is 21.2. The largest absolute Gasteiger partial charge is 0.451 e. The molecule has 1 amide bonds. The second-order valence-corrected chi connectivity index (χ2v) is 9.06. The summed E-state index contributed by atoms with van der Waals surface area (Å²) < 4.78 is 5.66. The highest BCUT2D eigenvalue weighted by Crippen LogP contribution is 2.30. The van der Waals surface area contributed by atoms with Crippen molar-refractivity contribution in [1.29, 1.82) is 0 Å². The topological polar surface area (TPSA) is 55.1 Å². The minimum absolute atomic E-state index is 0.158. The number of carbonyl (C=O) groups is 1. The molecule has 4 nitrogen and oxygen atoms in total. The fourth-order valence-electron chi connectivity index (χ4n) is 2.74. The molecule has 152 valence electrons. The molecule has 0 spiro atoms. The maximum absolute atomic E-state index is 12.5. The molecule has 9 heteroatoms. The Kier molecular flexibility index (Phi) is 6.37. The molecule has 2 aromatic carbocycles. The summed E-state index contributed by atoms with van der Waals surface area (Å²) in [6.45, 7) is 0. The lowest BCUT2D eigenvalue weighted by molar-refractivity contribution is 0.0997. The molecule has 2 aromatic heterocycles. The van der Waals surface area contributed by atoms with Crippen LogP contribution in [0.1, 0.15) is 21.0 Å². The Balaban J connectivity index is 1.45. The van der Waals surface area contributed by atoms with Gasteiger partial charge in [-0.1, -0.05) is 46.4 Å². The number of hydrogen-bond acceptors (Lipinski definition) is 4. The predicted molar refractivity (Wildman–Crippen MR) is 123 cm³/mol. The number of anilines is 1. The standard InChI is InChI=1S/C21H12Cl4N2O2S/c22-13-2-4-15(23)12(7-13)8-14-10-26-21(30-14)27-20(28)19-6-5-18(29-19)11-1-3-16(24)17(25)9-11/h1-7,9-10H,8H2,(H,26,27,28). The number of rotatable bonds is 5. The number of amides is 1. The average molecular weight is 498 g/mol. The Bertz CT molecular complexity index is 1240. The zero-order valence-electron chi connectivity index (χ0n) is 15.1. The lowest BCUT2D eigenvalue weighted by Gasteiger charge is -2.02. The highest BCUT2D eigenvalue weighted by molar-refractivity contribution is 7.15. The van der Waals surface area contributed by atoms with Crippen molar-refractivity contribution < 1.29 is 9.21 Å². The summed E-state index contributed by atoms with van der Waals surface area (Å²) in [5.41, 5.74) is 1.61. The van der Waals surface area contributed by atoms with Crippen LogP contribution in [0.15, 0.2) is 59.1 Å². The van der Waals surface area contributed by atoms with Crippen molar-refractivity contribution in [2.24, 2.45) is 0 Å². The Hall–Kier alpha value is -2.02. The molecule has 0 bridgehead atoms. The van der Waals surface area contributed by atoms with Crippen LogP contribution < -0.4 is 5.32 Å². The van der Waals surface area contributed by atoms with Gasteiger partial charge < -0.3 is 4.42 Å². The number of halogens is 4. The molecule has 0 atom stereocenters. The summed E-state index contributed by atoms with van der Waals surface area (Å²) in [6.07, 6.45) is 2.26. The van der Waals surface area contributed by atoms with Gasteiger partial charge in [0, 0.05) is 33.1 Å². The maximum Gasteiger partial charge on any atom is 0.293 e. The van der Waals surface area contributed by atoms with Crippen LogP contribution in [0.2, 0.25) is 20.1 Å². The van der Waals surface area contributed by atoms with E-state index < -0.39 is 5.91 Å². The monoisotopic (exact) mass is 496 g/mol. The van der Waals surface area contributed by atoms with E-state index in [0.717, 1.165) is 16.0 Å². The summed E-state index contributed by atoms with van der Waals surface area (Å²) in [7, 11) is 0. The van der Waals surface area contributed by atoms with E-state index in [4.69, 9.17) is 50.8 Å². The molecule has 0 aliphatic carbocycles. The number of nitrogens with one attached hydrogen (secondary N) is 1. The zero-order valence-corrected chi connectivity index (χ0v) is 18.9. The Morgan fingerprint density at radius 2 is 1.77 bits per heavy atom. The quantitative estimate of drug-likeness (QED) is 0.305. The molecule has 0 radical (unpaired) electrons. The van der Waals surface area contributed by atoms with E-state index in [2.05, 4.69) is 10.3 Å². The van der Waals surface area contributed by atoms with Crippen LogP contribution >= 0.6 is 57.7 Å². The van der Waals surface area contributed by atoms with Crippen molar-refractivity contribution in [3.05, 3.63) is 91.0 Å². The van der Waals surface area contributed by atoms with Crippen LogP contribution in [0, 0.1) is 0 Å². The van der Waals surface area contributed by atoms with Crippen molar-refractivity contribution in [2.45, 2.75) is 6.42 Å². The number of nitrogens with zero attached hydrogens (tertiary/aromatic N) is 1. The summed E-state index contributed by atoms with van der Waals surface area (Å²) in [5.74, 6) is 0.267. The smallest absolute Gasteiger partial charge is 0.293 e. The van der Waals surface area contributed by atoms with Crippen molar-refractivity contribution in [3.63, 3.8) is 0 Å². The first-order valence-corrected chi connectivity index (χ1v) is 11.0. The molecular formula is C21H12Cl4N2O2S. The van der Waals surface area contributed by atoms with Crippen LogP contribution in [0.3, 0.4) is 0 Å². The molecule has 1 N–H and O–H groups in total. The van der Waals surface area contributed by atoms with Gasteiger partial charge >= 0.3 is 0 Å². The minimum atomic E-state index is -0.400. The molecule has 0 saturated carbocycles. The van der Waals surface area contributed by atoms with E-state index in [0.29, 0.717) is 37.4 Å². The fourth-order valence-corrected chi connectivity index (χ4v) is 4.24. The highest BCUT2D eigenvalue weighted by Gasteiger charge is 2.15. The molecule has 30 heavy (non-hydrogen) atoms. The van der Waals surface area contributed by atoms with E-state index in [1.54, 1.807) is 48.7 Å². The van der Waals surface area contributed by atoms with Crippen molar-refractivity contribution >= 4 is 68.8 Å². The van der Waals surface area contributed by atoms with Gasteiger partial charge in [-0.2, -0.15) is 0 Å². The zero-order chi connectivity index (χ0) is 21.3. The van der Waals surface area contributed by atoms with Crippen LogP contribution in [-0.2, 0) is 6.42 Å². The van der Waals surface area contributed by atoms with Gasteiger partial charge in [0.25, 0.3) is 5.91 Å². The fraction of sp³-hybridized carbons (Fsp3) is 0.0476. The molecule has 4 aromatic rings. The van der Waals surface area contributed by atoms with Gasteiger partial charge in [0.2, 0.25) is 0 Å². The van der Waals surface area contributed by atoms with E-state index >= 15 is 0 Å². The first-order chi connectivity index (χ1) is 14.4. The number of furan rings is 1. The minimum Gasteiger partial charge on any atom is -0.451 e. The molecule has 2 heterocycles. The highest BCUT2D eigenvalue weighted by atomic mass is 35.5. The molecule has 4 rings (SSSR count). The van der Waals surface area contributed by atoms with E-state index in [-0.39, 0.29) is 5.76 Å². The summed E-state index contributed by atoms with van der Waals surface area (Å²) >= 11 is 25.6. The molecule has 0 aliphatic heterocycles. The molecule has 0 unspecified atom stereocenters. The lowest BCUT2D eigenvalue weighted by atomic mass is 10.1. The summed E-state index contributed by atoms with van der Waals surface area (Å²) in [4.78, 5) is 17.7. The van der Waals surface area contributed by atoms with Gasteiger partial charge in [0.1, 0.15) is 5.76 Å². The van der Waals surface area contributed by atoms with Gasteiger partial charge in [-0.25, -0.2) is 4.98 Å². The van der Waals surface area contributed by atoms with Crippen LogP contribution in [0.25, 0.3) is 11.3 Å². The van der Waals surface area contributed by atoms with Crippen LogP contribution in [-0.4, -0.2) is 10.9 Å². The average Bonchev–Trinajstić information content (AvgIpc) is 3.37. The third kappa shape index (κ3) is 4.82.